The van der Waals surface area contributed by atoms with E-state index >= 15 is 0 Å². The van der Waals surface area contributed by atoms with E-state index in [0.29, 0.717) is 101 Å². The molecular weight excluding hydrogens is 1420 g/mol. The molecule has 0 aromatic heterocycles. The number of rotatable bonds is 25. The number of benzene rings is 3. The van der Waals surface area contributed by atoms with Gasteiger partial charge in [-0.25, -0.2) is 0 Å². The summed E-state index contributed by atoms with van der Waals surface area (Å²) in [6.07, 6.45) is 23.9. The van der Waals surface area contributed by atoms with Crippen molar-refractivity contribution in [2.24, 2.45) is 35.5 Å². The van der Waals surface area contributed by atoms with E-state index in [0.717, 1.165) is 219 Å². The minimum atomic E-state index is -1.43. The summed E-state index contributed by atoms with van der Waals surface area (Å²) in [6, 6.07) is 30.9. The molecule has 109 heavy (non-hydrogen) atoms. The largest absolute Gasteiger partial charge is 0.545 e. The molecule has 3 heterocycles. The van der Waals surface area contributed by atoms with Crippen molar-refractivity contribution < 1.29 is 94.7 Å². The van der Waals surface area contributed by atoms with Crippen LogP contribution in [-0.2, 0) is 109 Å². The molecule has 0 bridgehead atoms. The molecule has 0 amide bonds. The van der Waals surface area contributed by atoms with Crippen LogP contribution in [0.3, 0.4) is 0 Å². The maximum Gasteiger partial charge on any atom is 0.308 e. The second kappa shape index (κ2) is 48.4. The van der Waals surface area contributed by atoms with Crippen LogP contribution in [0, 0.1) is 35.5 Å². The lowest BCUT2D eigenvalue weighted by Crippen LogP contribution is -2.40. The minimum absolute atomic E-state index is 0.0253. The van der Waals surface area contributed by atoms with Crippen molar-refractivity contribution >= 4 is 40.1 Å². The number of ether oxygens (including phenoxy) is 13. The molecule has 10 aliphatic rings. The third-order valence-corrected chi connectivity index (χ3v) is 23.2. The lowest BCUT2D eigenvalue weighted by atomic mass is 9.85. The monoisotopic (exact) mass is 1560 g/mol. The molecule has 1 N–H and O–H groups in total. The van der Waals surface area contributed by atoms with E-state index in [4.69, 9.17) is 75.5 Å². The summed E-state index contributed by atoms with van der Waals surface area (Å²) in [5, 5.41) is 8.94. The van der Waals surface area contributed by atoms with Crippen LogP contribution in [0.2, 0.25) is 39.3 Å². The molecule has 0 atom stereocenters. The normalized spacial score (nSPS) is 21.4. The van der Waals surface area contributed by atoms with Crippen molar-refractivity contribution in [2.45, 2.75) is 277 Å². The first kappa shape index (κ1) is 91.4. The molecule has 0 unspecified atom stereocenters. The van der Waals surface area contributed by atoms with Crippen LogP contribution in [0.5, 0.6) is 0 Å². The number of esters is 2. The van der Waals surface area contributed by atoms with E-state index in [1.807, 2.05) is 51.1 Å². The minimum Gasteiger partial charge on any atom is -0.545 e. The number of hydrogen-bond donors (Lipinski definition) is 1. The Bertz CT molecular complexity index is 2960. The molecule has 9 fully saturated rings. The zero-order valence-corrected chi connectivity index (χ0v) is 70.2. The molecule has 6 saturated carbocycles. The summed E-state index contributed by atoms with van der Waals surface area (Å²) in [5.41, 5.74) is 3.71. The van der Waals surface area contributed by atoms with Gasteiger partial charge in [0.15, 0.2) is 23.1 Å². The van der Waals surface area contributed by atoms with Gasteiger partial charge >= 0.3 is 11.9 Å². The van der Waals surface area contributed by atoms with Crippen molar-refractivity contribution in [1.82, 2.24) is 0 Å². The van der Waals surface area contributed by atoms with Gasteiger partial charge in [0.25, 0.3) is 0 Å². The molecule has 3 aromatic rings. The second-order valence-electron chi connectivity index (χ2n) is 32.5. The third-order valence-electron chi connectivity index (χ3n) is 21.5. The van der Waals surface area contributed by atoms with E-state index in [9.17, 15) is 19.2 Å². The van der Waals surface area contributed by atoms with E-state index in [1.54, 1.807) is 6.92 Å². The highest BCUT2D eigenvalue weighted by Crippen LogP contribution is 2.42. The molecule has 13 rings (SSSR count). The van der Waals surface area contributed by atoms with Gasteiger partial charge in [-0.3, -0.25) is 19.2 Å². The number of hydrogen-bond acceptors (Lipinski definition) is 20. The fourth-order valence-electron chi connectivity index (χ4n) is 15.3. The molecule has 614 valence electrons. The van der Waals surface area contributed by atoms with Gasteiger partial charge in [-0.2, -0.15) is 0 Å². The average Bonchev–Trinajstić information content (AvgIpc) is 1.73. The van der Waals surface area contributed by atoms with E-state index in [2.05, 4.69) is 99.9 Å². The highest BCUT2D eigenvalue weighted by molar-refractivity contribution is 6.70. The number of aliphatic hydroxyl groups is 1. The number of aliphatic hydroxyl groups excluding tert-OH is 1. The number of Topliss-reactive ketones (excluding diaryl/α,β-unsaturated/α-hetero) is 2. The molecule has 3 aliphatic heterocycles. The van der Waals surface area contributed by atoms with Crippen LogP contribution < -0.4 is 0 Å². The fraction of sp³-hybridized carbons (Fsp3) is 0.724. The summed E-state index contributed by atoms with van der Waals surface area (Å²) in [6.45, 7) is 32.6. The summed E-state index contributed by atoms with van der Waals surface area (Å²) in [5.74, 6) is 3.91. The van der Waals surface area contributed by atoms with Crippen molar-refractivity contribution in [2.75, 3.05) is 92.5 Å². The number of carbonyl (C=O) groups is 4. The smallest absolute Gasteiger partial charge is 0.308 e. The Hall–Kier alpha value is -4.77. The number of allylic oxidation sites excluding steroid dienone is 2. The van der Waals surface area contributed by atoms with Gasteiger partial charge in [0.05, 0.1) is 84.5 Å². The number of carbonyl (C=O) groups excluding carboxylic acids is 4. The predicted octanol–water partition coefficient (Wildman–Crippen LogP) is 17.7. The van der Waals surface area contributed by atoms with Gasteiger partial charge in [0.1, 0.15) is 23.1 Å². The van der Waals surface area contributed by atoms with Crippen LogP contribution in [0.4, 0.5) is 0 Å². The lowest BCUT2D eigenvalue weighted by Gasteiger charge is -2.39. The van der Waals surface area contributed by atoms with E-state index < -0.39 is 16.6 Å². The lowest BCUT2D eigenvalue weighted by molar-refractivity contribution is -0.253. The van der Waals surface area contributed by atoms with Crippen molar-refractivity contribution in [3.63, 3.8) is 0 Å². The van der Waals surface area contributed by atoms with Crippen molar-refractivity contribution in [3.05, 3.63) is 119 Å². The maximum absolute atomic E-state index is 11.5. The fourth-order valence-corrected chi connectivity index (χ4v) is 17.2. The van der Waals surface area contributed by atoms with Crippen LogP contribution in [-0.4, -0.2) is 161 Å². The molecule has 3 aromatic carbocycles. The summed E-state index contributed by atoms with van der Waals surface area (Å²) < 4.78 is 84.7. The summed E-state index contributed by atoms with van der Waals surface area (Å²) >= 11 is 0. The Morgan fingerprint density at radius 3 is 0.982 bits per heavy atom. The van der Waals surface area contributed by atoms with Crippen LogP contribution in [0.25, 0.3) is 0 Å². The van der Waals surface area contributed by atoms with Gasteiger partial charge in [-0.1, -0.05) is 91.0 Å². The topological polar surface area (TPSA) is 227 Å². The maximum atomic E-state index is 11.5. The van der Waals surface area contributed by atoms with Gasteiger partial charge in [-0.05, 0) is 184 Å². The first-order chi connectivity index (χ1) is 52.5. The second-order valence-corrected chi connectivity index (χ2v) is 41.3. The molecule has 3 saturated heterocycles. The van der Waals surface area contributed by atoms with Gasteiger partial charge in [-0.15, -0.1) is 0 Å². The van der Waals surface area contributed by atoms with Gasteiger partial charge in [0, 0.05) is 130 Å². The predicted molar refractivity (Wildman–Crippen MR) is 425 cm³/mol. The molecule has 7 aliphatic carbocycles. The average molecular weight is 1560 g/mol. The Morgan fingerprint density at radius 1 is 0.385 bits per heavy atom. The standard InChI is InChI=1S/C18H28O3.C16H22O3.C14H18O2.C11H18O4.C10H22O2Si2.C9H16O3.C9H14O3/c1-3-20-18(21-4-2)12-10-17(11-13-18)15-19-14-16-8-6-5-7-9-16;1-2-4-14(5-3-1)12-17-13-15-6-8-16(9-7-15)18-10-11-19-16;15-14-8-6-13(7-9-14)11-16-10-12-4-2-1-3-5-12;1-2-13-10(12)9-3-5-11(6-4-9)14-7-8-15-11;1-13(2,3)11-9-7-8-10(9)12-14(4,5)6;10-7-8-1-3-9(4-2-8)11-5-6-12-9;1-2-12-9(11)7-3-5-8(10)6-4-7/h5-9,17H,3-4,10-15H2,1-2H3;1-5,15H,6-13H2;1-5,13H,6-11H2;9H,2-8H2,1H3;7-8H2,1-6H3;8,10H,1-7H2;7H,2-6H2,1H3. The van der Waals surface area contributed by atoms with Crippen molar-refractivity contribution in [1.29, 1.82) is 0 Å². The van der Waals surface area contributed by atoms with Crippen LogP contribution in [0.15, 0.2) is 103 Å². The Balaban J connectivity index is 0.000000178. The Labute approximate surface area is 655 Å². The first-order valence-corrected chi connectivity index (χ1v) is 48.4. The SMILES string of the molecule is CCOC(=O)C1CCC(=O)CC1.CCOC(=O)C1CCC2(CC1)OCCO2.CCOC1(OCC)CCC(COCc2ccccc2)CC1.C[Si](C)(C)OC1=C(O[Si](C)(C)C)CC1.O=C1CCC(COCc2ccccc2)CC1.OCC1CCC2(CC1)OCCO2.c1ccc(COCC2CCC3(CC2)OCCO3)cc1. The quantitative estimate of drug-likeness (QED) is 0.0472. The van der Waals surface area contributed by atoms with E-state index in [-0.39, 0.29) is 52.7 Å². The third kappa shape index (κ3) is 34.5. The van der Waals surface area contributed by atoms with Gasteiger partial charge in [0.2, 0.25) is 16.6 Å². The summed E-state index contributed by atoms with van der Waals surface area (Å²) in [4.78, 5) is 44.6. The zero-order valence-electron chi connectivity index (χ0n) is 68.2. The van der Waals surface area contributed by atoms with Gasteiger partial charge < -0.3 is 75.5 Å². The van der Waals surface area contributed by atoms with Crippen molar-refractivity contribution in [3.8, 4) is 0 Å². The van der Waals surface area contributed by atoms with Crippen LogP contribution >= 0.6 is 0 Å². The zero-order chi connectivity index (χ0) is 78.3. The Kier molecular flexibility index (Phi) is 40.6. The van der Waals surface area contributed by atoms with Crippen LogP contribution in [0.1, 0.15) is 211 Å². The molecule has 20 nitrogen and oxygen atoms in total. The molecule has 0 radical (unpaired) electrons. The molecular formula is C87H138O20Si2. The molecule has 22 heteroatoms. The first-order valence-electron chi connectivity index (χ1n) is 41.5. The molecule has 3 spiro atoms. The highest BCUT2D eigenvalue weighted by atomic mass is 28.4. The highest BCUT2D eigenvalue weighted by Gasteiger charge is 2.44. The van der Waals surface area contributed by atoms with E-state index in [1.165, 1.54) is 16.7 Å². The number of ketones is 2. The Morgan fingerprint density at radius 2 is 0.679 bits per heavy atom. The summed E-state index contributed by atoms with van der Waals surface area (Å²) in [7, 11) is -2.86.